The summed E-state index contributed by atoms with van der Waals surface area (Å²) < 4.78 is 4.93. The molecule has 0 saturated heterocycles. The number of rotatable bonds is 5. The molecule has 0 unspecified atom stereocenters. The van der Waals surface area contributed by atoms with Gasteiger partial charge in [0.15, 0.2) is 18.3 Å². The SMILES string of the molecule is O=Cc1cc(-c2ccc(-c3ccc(-c4cc(C=O)c5cnccc5n4)cc3)cc2)no1. The van der Waals surface area contributed by atoms with Crippen LogP contribution in [0.2, 0.25) is 0 Å². The molecular weight excluding hydrogens is 390 g/mol. The highest BCUT2D eigenvalue weighted by Crippen LogP contribution is 2.28. The summed E-state index contributed by atoms with van der Waals surface area (Å²) in [6.07, 6.45) is 4.78. The molecule has 0 aliphatic rings. The smallest absolute Gasteiger partial charge is 0.199 e. The minimum atomic E-state index is 0.200. The molecule has 0 fully saturated rings. The van der Waals surface area contributed by atoms with Crippen LogP contribution in [0.4, 0.5) is 0 Å². The average Bonchev–Trinajstić information content (AvgIpc) is 3.33. The molecule has 3 aromatic heterocycles. The Labute approximate surface area is 177 Å². The lowest BCUT2D eigenvalue weighted by Gasteiger charge is -2.08. The molecular formula is C25H15N3O3. The van der Waals surface area contributed by atoms with E-state index in [2.05, 4.69) is 15.1 Å². The van der Waals surface area contributed by atoms with Gasteiger partial charge in [0, 0.05) is 40.5 Å². The normalized spacial score (nSPS) is 10.8. The highest BCUT2D eigenvalue weighted by atomic mass is 16.5. The lowest BCUT2D eigenvalue weighted by atomic mass is 10.00. The van der Waals surface area contributed by atoms with Gasteiger partial charge < -0.3 is 4.52 Å². The van der Waals surface area contributed by atoms with Gasteiger partial charge in [-0.3, -0.25) is 14.6 Å². The van der Waals surface area contributed by atoms with Gasteiger partial charge in [0.05, 0.1) is 11.2 Å². The first-order valence-electron chi connectivity index (χ1n) is 9.58. The maximum atomic E-state index is 11.5. The number of carbonyl (C=O) groups is 2. The van der Waals surface area contributed by atoms with Crippen molar-refractivity contribution in [3.8, 4) is 33.6 Å². The van der Waals surface area contributed by atoms with E-state index in [4.69, 9.17) is 4.52 Å². The van der Waals surface area contributed by atoms with Crippen LogP contribution >= 0.6 is 0 Å². The fourth-order valence-corrected chi connectivity index (χ4v) is 3.49. The molecule has 5 rings (SSSR count). The van der Waals surface area contributed by atoms with Crippen molar-refractivity contribution >= 4 is 23.5 Å². The van der Waals surface area contributed by atoms with E-state index in [9.17, 15) is 9.59 Å². The standard InChI is InChI=1S/C25H15N3O3/c29-14-20-11-24(27-23-9-10-26-13-22(20)23)18-5-1-16(2-6-18)17-3-7-19(8-4-17)25-12-21(15-30)31-28-25/h1-15H. The summed E-state index contributed by atoms with van der Waals surface area (Å²) in [5.41, 5.74) is 6.54. The van der Waals surface area contributed by atoms with E-state index in [-0.39, 0.29) is 5.76 Å². The van der Waals surface area contributed by atoms with Gasteiger partial charge in [0.25, 0.3) is 0 Å². The number of pyridine rings is 2. The lowest BCUT2D eigenvalue weighted by Crippen LogP contribution is -1.92. The van der Waals surface area contributed by atoms with Crippen molar-refractivity contribution in [1.82, 2.24) is 15.1 Å². The van der Waals surface area contributed by atoms with Crippen molar-refractivity contribution in [2.45, 2.75) is 0 Å². The maximum Gasteiger partial charge on any atom is 0.199 e. The molecule has 0 spiro atoms. The minimum Gasteiger partial charge on any atom is -0.353 e. The van der Waals surface area contributed by atoms with Crippen LogP contribution in [0.15, 0.2) is 83.6 Å². The van der Waals surface area contributed by atoms with Crippen molar-refractivity contribution in [2.24, 2.45) is 0 Å². The van der Waals surface area contributed by atoms with Crippen LogP contribution in [0.3, 0.4) is 0 Å². The second kappa shape index (κ2) is 7.76. The molecule has 5 aromatic rings. The van der Waals surface area contributed by atoms with E-state index in [1.807, 2.05) is 48.5 Å². The molecule has 3 heterocycles. The van der Waals surface area contributed by atoms with Gasteiger partial charge in [-0.15, -0.1) is 0 Å². The van der Waals surface area contributed by atoms with E-state index in [0.717, 1.165) is 45.1 Å². The Bertz CT molecular complexity index is 1400. The summed E-state index contributed by atoms with van der Waals surface area (Å²) in [5.74, 6) is 0.200. The molecule has 2 aromatic carbocycles. The molecule has 0 amide bonds. The van der Waals surface area contributed by atoms with Crippen LogP contribution in [-0.2, 0) is 0 Å². The van der Waals surface area contributed by atoms with Crippen LogP contribution < -0.4 is 0 Å². The van der Waals surface area contributed by atoms with Crippen molar-refractivity contribution in [1.29, 1.82) is 0 Å². The quantitative estimate of drug-likeness (QED) is 0.372. The summed E-state index contributed by atoms with van der Waals surface area (Å²) >= 11 is 0. The first-order valence-corrected chi connectivity index (χ1v) is 9.58. The first-order chi connectivity index (χ1) is 15.2. The van der Waals surface area contributed by atoms with Crippen LogP contribution in [-0.4, -0.2) is 27.7 Å². The fourth-order valence-electron chi connectivity index (χ4n) is 3.49. The zero-order valence-corrected chi connectivity index (χ0v) is 16.2. The Hall–Kier alpha value is -4.45. The number of benzene rings is 2. The molecule has 148 valence electrons. The number of carbonyl (C=O) groups excluding carboxylic acids is 2. The molecule has 0 saturated carbocycles. The molecule has 0 aliphatic carbocycles. The van der Waals surface area contributed by atoms with Crippen LogP contribution in [0.5, 0.6) is 0 Å². The molecule has 0 aliphatic heterocycles. The van der Waals surface area contributed by atoms with E-state index in [0.29, 0.717) is 17.5 Å². The first kappa shape index (κ1) is 18.6. The Morgan fingerprint density at radius 2 is 1.35 bits per heavy atom. The van der Waals surface area contributed by atoms with Crippen LogP contribution in [0, 0.1) is 0 Å². The Kier molecular flexibility index (Phi) is 4.65. The van der Waals surface area contributed by atoms with Crippen LogP contribution in [0.1, 0.15) is 20.9 Å². The fraction of sp³-hybridized carbons (Fsp3) is 0. The molecule has 0 atom stereocenters. The number of aldehydes is 2. The lowest BCUT2D eigenvalue weighted by molar-refractivity contribution is 0.109. The maximum absolute atomic E-state index is 11.5. The predicted octanol–water partition coefficient (Wildman–Crippen LogP) is 5.24. The number of hydrogen-bond acceptors (Lipinski definition) is 6. The van der Waals surface area contributed by atoms with Crippen LogP contribution in [0.25, 0.3) is 44.5 Å². The summed E-state index contributed by atoms with van der Waals surface area (Å²) in [5, 5.41) is 4.64. The molecule has 0 radical (unpaired) electrons. The Morgan fingerprint density at radius 1 is 0.710 bits per heavy atom. The summed E-state index contributed by atoms with van der Waals surface area (Å²) in [4.78, 5) is 31.0. The van der Waals surface area contributed by atoms with Gasteiger partial charge >= 0.3 is 0 Å². The van der Waals surface area contributed by atoms with Gasteiger partial charge in [0.1, 0.15) is 5.69 Å². The van der Waals surface area contributed by atoms with Crippen molar-refractivity contribution < 1.29 is 14.1 Å². The molecule has 6 nitrogen and oxygen atoms in total. The third kappa shape index (κ3) is 3.51. The van der Waals surface area contributed by atoms with Gasteiger partial charge in [-0.05, 0) is 23.3 Å². The highest BCUT2D eigenvalue weighted by Gasteiger charge is 2.09. The van der Waals surface area contributed by atoms with Crippen molar-refractivity contribution in [2.75, 3.05) is 0 Å². The molecule has 31 heavy (non-hydrogen) atoms. The minimum absolute atomic E-state index is 0.200. The van der Waals surface area contributed by atoms with E-state index >= 15 is 0 Å². The monoisotopic (exact) mass is 405 g/mol. The van der Waals surface area contributed by atoms with Gasteiger partial charge in [0.2, 0.25) is 0 Å². The number of aromatic nitrogens is 3. The topological polar surface area (TPSA) is 86.0 Å². The zero-order valence-electron chi connectivity index (χ0n) is 16.2. The number of nitrogens with zero attached hydrogens (tertiary/aromatic N) is 3. The van der Waals surface area contributed by atoms with E-state index in [1.165, 1.54) is 0 Å². The Balaban J connectivity index is 1.44. The third-order valence-corrected chi connectivity index (χ3v) is 5.11. The van der Waals surface area contributed by atoms with Gasteiger partial charge in [-0.25, -0.2) is 4.98 Å². The summed E-state index contributed by atoms with van der Waals surface area (Å²) in [7, 11) is 0. The second-order valence-corrected chi connectivity index (χ2v) is 6.99. The highest BCUT2D eigenvalue weighted by molar-refractivity contribution is 5.97. The van der Waals surface area contributed by atoms with Crippen molar-refractivity contribution in [3.05, 3.63) is 90.4 Å². The molecule has 0 N–H and O–H groups in total. The third-order valence-electron chi connectivity index (χ3n) is 5.11. The van der Waals surface area contributed by atoms with Crippen molar-refractivity contribution in [3.63, 3.8) is 0 Å². The second-order valence-electron chi connectivity index (χ2n) is 6.99. The molecule has 6 heteroatoms. The number of hydrogen-bond donors (Lipinski definition) is 0. The molecule has 0 bridgehead atoms. The van der Waals surface area contributed by atoms with Gasteiger partial charge in [-0.1, -0.05) is 53.7 Å². The van der Waals surface area contributed by atoms with Gasteiger partial charge in [-0.2, -0.15) is 0 Å². The average molecular weight is 405 g/mol. The summed E-state index contributed by atoms with van der Waals surface area (Å²) in [6, 6.07) is 21.1. The number of fused-ring (bicyclic) bond motifs is 1. The van der Waals surface area contributed by atoms with E-state index in [1.54, 1.807) is 30.6 Å². The Morgan fingerprint density at radius 3 is 1.97 bits per heavy atom. The van der Waals surface area contributed by atoms with E-state index < -0.39 is 0 Å². The predicted molar refractivity (Wildman–Crippen MR) is 117 cm³/mol. The largest absolute Gasteiger partial charge is 0.353 e. The summed E-state index contributed by atoms with van der Waals surface area (Å²) in [6.45, 7) is 0. The zero-order chi connectivity index (χ0) is 21.2.